The largest absolute Gasteiger partial charge is 0.493 e. The third kappa shape index (κ3) is 5.12. The predicted molar refractivity (Wildman–Crippen MR) is 92.4 cm³/mol. The Hall–Kier alpha value is -2.82. The van der Waals surface area contributed by atoms with Gasteiger partial charge in [0.15, 0.2) is 0 Å². The van der Waals surface area contributed by atoms with Gasteiger partial charge in [0, 0.05) is 5.69 Å². The lowest BCUT2D eigenvalue weighted by Crippen LogP contribution is -2.17. The first-order chi connectivity index (χ1) is 11.5. The van der Waals surface area contributed by atoms with Gasteiger partial charge < -0.3 is 15.2 Å². The van der Waals surface area contributed by atoms with Gasteiger partial charge in [0.25, 0.3) is 0 Å². The number of para-hydroxylation sites is 1. The van der Waals surface area contributed by atoms with E-state index in [1.54, 1.807) is 24.3 Å². The Kier molecular flexibility index (Phi) is 5.95. The lowest BCUT2D eigenvalue weighted by molar-refractivity contribution is -0.136. The summed E-state index contributed by atoms with van der Waals surface area (Å²) in [5.74, 6) is -0.382. The van der Waals surface area contributed by atoms with E-state index in [-0.39, 0.29) is 25.4 Å². The number of carbonyl (C=O) groups excluding carboxylic acids is 1. The first-order valence-corrected chi connectivity index (χ1v) is 7.75. The van der Waals surface area contributed by atoms with Gasteiger partial charge in [-0.25, -0.2) is 0 Å². The maximum atomic E-state index is 12.0. The molecule has 0 saturated heterocycles. The van der Waals surface area contributed by atoms with Crippen molar-refractivity contribution >= 4 is 17.6 Å². The zero-order valence-electron chi connectivity index (χ0n) is 13.8. The van der Waals surface area contributed by atoms with Crippen LogP contribution in [0.2, 0.25) is 0 Å². The SMILES string of the molecule is Cc1ccc(OCCC(=O)Nc2ccccc2CC(=O)O)c(C)c1. The second kappa shape index (κ2) is 8.15. The molecule has 24 heavy (non-hydrogen) atoms. The fraction of sp³-hybridized carbons (Fsp3) is 0.263. The fourth-order valence-corrected chi connectivity index (χ4v) is 2.39. The first kappa shape index (κ1) is 17.5. The molecular weight excluding hydrogens is 306 g/mol. The molecule has 2 aromatic rings. The van der Waals surface area contributed by atoms with Crippen molar-refractivity contribution in [1.82, 2.24) is 0 Å². The fourth-order valence-electron chi connectivity index (χ4n) is 2.39. The summed E-state index contributed by atoms with van der Waals surface area (Å²) in [5.41, 5.74) is 3.29. The number of aliphatic carboxylic acids is 1. The maximum Gasteiger partial charge on any atom is 0.307 e. The molecule has 0 saturated carbocycles. The van der Waals surface area contributed by atoms with E-state index >= 15 is 0 Å². The average molecular weight is 327 g/mol. The predicted octanol–water partition coefficient (Wildman–Crippen LogP) is 3.34. The Labute approximate surface area is 141 Å². The third-order valence-electron chi connectivity index (χ3n) is 3.55. The lowest BCUT2D eigenvalue weighted by atomic mass is 10.1. The molecule has 2 rings (SSSR count). The van der Waals surface area contributed by atoms with E-state index in [0.717, 1.165) is 16.9 Å². The van der Waals surface area contributed by atoms with Crippen LogP contribution < -0.4 is 10.1 Å². The van der Waals surface area contributed by atoms with Crippen LogP contribution in [0, 0.1) is 13.8 Å². The molecule has 5 nitrogen and oxygen atoms in total. The first-order valence-electron chi connectivity index (χ1n) is 7.75. The van der Waals surface area contributed by atoms with Crippen LogP contribution >= 0.6 is 0 Å². The molecule has 0 aliphatic rings. The van der Waals surface area contributed by atoms with Crippen molar-refractivity contribution in [2.24, 2.45) is 0 Å². The van der Waals surface area contributed by atoms with Crippen molar-refractivity contribution in [1.29, 1.82) is 0 Å². The van der Waals surface area contributed by atoms with E-state index in [2.05, 4.69) is 5.32 Å². The van der Waals surface area contributed by atoms with Crippen molar-refractivity contribution in [2.75, 3.05) is 11.9 Å². The number of carboxylic acids is 1. The van der Waals surface area contributed by atoms with E-state index in [9.17, 15) is 9.59 Å². The average Bonchev–Trinajstić information content (AvgIpc) is 2.51. The Morgan fingerprint density at radius 2 is 1.88 bits per heavy atom. The second-order valence-electron chi connectivity index (χ2n) is 5.64. The summed E-state index contributed by atoms with van der Waals surface area (Å²) >= 11 is 0. The van der Waals surface area contributed by atoms with Crippen molar-refractivity contribution in [3.05, 3.63) is 59.2 Å². The van der Waals surface area contributed by atoms with Gasteiger partial charge in [-0.2, -0.15) is 0 Å². The van der Waals surface area contributed by atoms with Gasteiger partial charge in [0.1, 0.15) is 5.75 Å². The molecule has 2 aromatic carbocycles. The molecule has 0 spiro atoms. The van der Waals surface area contributed by atoms with Crippen molar-refractivity contribution in [3.63, 3.8) is 0 Å². The number of carbonyl (C=O) groups is 2. The normalized spacial score (nSPS) is 10.2. The molecule has 5 heteroatoms. The number of aryl methyl sites for hydroxylation is 2. The Balaban J connectivity index is 1.89. The molecule has 0 radical (unpaired) electrons. The molecule has 0 aliphatic carbocycles. The third-order valence-corrected chi connectivity index (χ3v) is 3.55. The van der Waals surface area contributed by atoms with Crippen LogP contribution in [0.15, 0.2) is 42.5 Å². The number of hydrogen-bond donors (Lipinski definition) is 2. The van der Waals surface area contributed by atoms with E-state index in [1.807, 2.05) is 32.0 Å². The number of hydrogen-bond acceptors (Lipinski definition) is 3. The molecule has 126 valence electrons. The Morgan fingerprint density at radius 3 is 2.58 bits per heavy atom. The van der Waals surface area contributed by atoms with Crippen LogP contribution in [-0.2, 0) is 16.0 Å². The highest BCUT2D eigenvalue weighted by Crippen LogP contribution is 2.19. The number of ether oxygens (including phenoxy) is 1. The van der Waals surface area contributed by atoms with Gasteiger partial charge in [-0.1, -0.05) is 35.9 Å². The molecule has 0 bridgehead atoms. The van der Waals surface area contributed by atoms with Crippen molar-refractivity contribution in [2.45, 2.75) is 26.7 Å². The summed E-state index contributed by atoms with van der Waals surface area (Å²) in [4.78, 5) is 22.9. The molecule has 0 atom stereocenters. The molecular formula is C19H21NO4. The summed E-state index contributed by atoms with van der Waals surface area (Å²) in [7, 11) is 0. The highest BCUT2D eigenvalue weighted by atomic mass is 16.5. The van der Waals surface area contributed by atoms with Crippen molar-refractivity contribution in [3.8, 4) is 5.75 Å². The number of benzene rings is 2. The maximum absolute atomic E-state index is 12.0. The zero-order chi connectivity index (χ0) is 17.5. The summed E-state index contributed by atoms with van der Waals surface area (Å²) in [5, 5.41) is 11.6. The Bertz CT molecular complexity index is 740. The van der Waals surface area contributed by atoms with Crippen LogP contribution in [0.3, 0.4) is 0 Å². The standard InChI is InChI=1S/C19H21NO4/c1-13-7-8-17(14(2)11-13)24-10-9-18(21)20-16-6-4-3-5-15(16)12-19(22)23/h3-8,11H,9-10,12H2,1-2H3,(H,20,21)(H,22,23). The van der Waals surface area contributed by atoms with Gasteiger partial charge in [0.05, 0.1) is 19.4 Å². The van der Waals surface area contributed by atoms with E-state index in [4.69, 9.17) is 9.84 Å². The van der Waals surface area contributed by atoms with E-state index < -0.39 is 5.97 Å². The smallest absolute Gasteiger partial charge is 0.307 e. The number of anilines is 1. The van der Waals surface area contributed by atoms with Gasteiger partial charge in [-0.3, -0.25) is 9.59 Å². The van der Waals surface area contributed by atoms with Gasteiger partial charge in [-0.15, -0.1) is 0 Å². The Morgan fingerprint density at radius 1 is 1.12 bits per heavy atom. The van der Waals surface area contributed by atoms with Crippen LogP contribution in [0.5, 0.6) is 5.75 Å². The van der Waals surface area contributed by atoms with E-state index in [0.29, 0.717) is 11.3 Å². The summed E-state index contributed by atoms with van der Waals surface area (Å²) in [6.45, 7) is 4.24. The number of rotatable bonds is 7. The van der Waals surface area contributed by atoms with Crippen LogP contribution in [0.4, 0.5) is 5.69 Å². The number of nitrogens with one attached hydrogen (secondary N) is 1. The molecule has 1 amide bonds. The topological polar surface area (TPSA) is 75.6 Å². The number of amides is 1. The lowest BCUT2D eigenvalue weighted by Gasteiger charge is -2.11. The highest BCUT2D eigenvalue weighted by molar-refractivity contribution is 5.92. The van der Waals surface area contributed by atoms with Gasteiger partial charge >= 0.3 is 5.97 Å². The van der Waals surface area contributed by atoms with Crippen molar-refractivity contribution < 1.29 is 19.4 Å². The van der Waals surface area contributed by atoms with E-state index in [1.165, 1.54) is 0 Å². The highest BCUT2D eigenvalue weighted by Gasteiger charge is 2.10. The molecule has 0 fully saturated rings. The van der Waals surface area contributed by atoms with Crippen LogP contribution in [-0.4, -0.2) is 23.6 Å². The van der Waals surface area contributed by atoms with Crippen LogP contribution in [0.1, 0.15) is 23.1 Å². The van der Waals surface area contributed by atoms with Gasteiger partial charge in [-0.05, 0) is 37.1 Å². The quantitative estimate of drug-likeness (QED) is 0.818. The number of carboxylic acid groups (broad SMARTS) is 1. The minimum atomic E-state index is -0.935. The monoisotopic (exact) mass is 327 g/mol. The minimum absolute atomic E-state index is 0.129. The zero-order valence-corrected chi connectivity index (χ0v) is 13.8. The second-order valence-corrected chi connectivity index (χ2v) is 5.64. The molecule has 0 heterocycles. The molecule has 0 aliphatic heterocycles. The summed E-state index contributed by atoms with van der Waals surface area (Å²) in [6, 6.07) is 12.8. The minimum Gasteiger partial charge on any atom is -0.493 e. The van der Waals surface area contributed by atoms with Gasteiger partial charge in [0.2, 0.25) is 5.91 Å². The molecule has 0 unspecified atom stereocenters. The molecule has 2 N–H and O–H groups in total. The summed E-state index contributed by atoms with van der Waals surface area (Å²) < 4.78 is 5.64. The summed E-state index contributed by atoms with van der Waals surface area (Å²) in [6.07, 6.45) is 0.0598. The molecule has 0 aromatic heterocycles. The van der Waals surface area contributed by atoms with Crippen LogP contribution in [0.25, 0.3) is 0 Å².